The van der Waals surface area contributed by atoms with Crippen LogP contribution in [0.25, 0.3) is 0 Å². The van der Waals surface area contributed by atoms with Gasteiger partial charge in [0.1, 0.15) is 17.6 Å². The van der Waals surface area contributed by atoms with E-state index in [4.69, 9.17) is 14.2 Å². The quantitative estimate of drug-likeness (QED) is 0.796. The maximum absolute atomic E-state index is 12.4. The minimum absolute atomic E-state index is 0.182. The molecule has 2 aromatic rings. The molecule has 1 amide bonds. The highest BCUT2D eigenvalue weighted by Gasteiger charge is 2.38. The van der Waals surface area contributed by atoms with Crippen LogP contribution in [0, 0.1) is 0 Å². The van der Waals surface area contributed by atoms with Crippen LogP contribution in [0.3, 0.4) is 0 Å². The van der Waals surface area contributed by atoms with Gasteiger partial charge in [-0.3, -0.25) is 9.80 Å². The SMILES string of the molecule is COc1ccc(N2C[C@H](CN3CCC(O)(c4ccc5c(c4)CCO5)CC3)OC2=O)cc1. The lowest BCUT2D eigenvalue weighted by Gasteiger charge is -2.39. The van der Waals surface area contributed by atoms with Gasteiger partial charge in [0, 0.05) is 31.7 Å². The van der Waals surface area contributed by atoms with Crippen LogP contribution < -0.4 is 14.4 Å². The fourth-order valence-corrected chi connectivity index (χ4v) is 4.75. The molecule has 164 valence electrons. The number of rotatable bonds is 5. The van der Waals surface area contributed by atoms with Crippen LogP contribution in [0.2, 0.25) is 0 Å². The minimum Gasteiger partial charge on any atom is -0.497 e. The van der Waals surface area contributed by atoms with Crippen molar-refractivity contribution in [2.24, 2.45) is 0 Å². The van der Waals surface area contributed by atoms with Crippen molar-refractivity contribution in [3.05, 3.63) is 53.6 Å². The van der Waals surface area contributed by atoms with Gasteiger partial charge in [-0.15, -0.1) is 0 Å². The Morgan fingerprint density at radius 2 is 1.94 bits per heavy atom. The second-order valence-corrected chi connectivity index (χ2v) is 8.57. The van der Waals surface area contributed by atoms with Gasteiger partial charge in [0.2, 0.25) is 0 Å². The molecule has 0 radical (unpaired) electrons. The number of nitrogens with zero attached hydrogens (tertiary/aromatic N) is 2. The van der Waals surface area contributed by atoms with Crippen molar-refractivity contribution in [1.82, 2.24) is 4.90 Å². The highest BCUT2D eigenvalue weighted by atomic mass is 16.6. The molecule has 3 aliphatic heterocycles. The van der Waals surface area contributed by atoms with E-state index in [9.17, 15) is 9.90 Å². The summed E-state index contributed by atoms with van der Waals surface area (Å²) in [6.07, 6.45) is 1.73. The van der Waals surface area contributed by atoms with E-state index in [-0.39, 0.29) is 12.2 Å². The number of anilines is 1. The van der Waals surface area contributed by atoms with Crippen molar-refractivity contribution >= 4 is 11.8 Å². The number of aliphatic hydroxyl groups is 1. The average Bonchev–Trinajstić information content (AvgIpc) is 3.41. The molecule has 3 heterocycles. The predicted molar refractivity (Wildman–Crippen MR) is 116 cm³/mol. The van der Waals surface area contributed by atoms with E-state index in [1.807, 2.05) is 36.4 Å². The molecular formula is C24H28N2O5. The molecule has 7 heteroatoms. The average molecular weight is 424 g/mol. The zero-order chi connectivity index (χ0) is 21.4. The van der Waals surface area contributed by atoms with Crippen LogP contribution in [-0.4, -0.2) is 62.1 Å². The Morgan fingerprint density at radius 3 is 2.68 bits per heavy atom. The number of benzene rings is 2. The van der Waals surface area contributed by atoms with Gasteiger partial charge >= 0.3 is 6.09 Å². The van der Waals surface area contributed by atoms with E-state index < -0.39 is 5.60 Å². The molecule has 0 bridgehead atoms. The summed E-state index contributed by atoms with van der Waals surface area (Å²) in [6.45, 7) is 3.45. The minimum atomic E-state index is -0.810. The number of cyclic esters (lactones) is 1. The molecule has 1 atom stereocenters. The van der Waals surface area contributed by atoms with E-state index in [1.165, 1.54) is 5.56 Å². The zero-order valence-corrected chi connectivity index (χ0v) is 17.8. The summed E-state index contributed by atoms with van der Waals surface area (Å²) >= 11 is 0. The van der Waals surface area contributed by atoms with Crippen LogP contribution in [-0.2, 0) is 16.8 Å². The molecule has 2 aromatic carbocycles. The Bertz CT molecular complexity index is 953. The topological polar surface area (TPSA) is 71.5 Å². The second kappa shape index (κ2) is 8.05. The maximum atomic E-state index is 12.4. The van der Waals surface area contributed by atoms with Crippen molar-refractivity contribution in [2.45, 2.75) is 31.0 Å². The van der Waals surface area contributed by atoms with E-state index in [1.54, 1.807) is 12.0 Å². The first-order valence-corrected chi connectivity index (χ1v) is 10.9. The van der Waals surface area contributed by atoms with Gasteiger partial charge in [0.25, 0.3) is 0 Å². The van der Waals surface area contributed by atoms with Crippen LogP contribution in [0.4, 0.5) is 10.5 Å². The van der Waals surface area contributed by atoms with Crippen molar-refractivity contribution in [3.8, 4) is 11.5 Å². The molecule has 0 aromatic heterocycles. The second-order valence-electron chi connectivity index (χ2n) is 8.57. The lowest BCUT2D eigenvalue weighted by molar-refractivity contribution is -0.0325. The molecule has 5 rings (SSSR count). The Kier molecular flexibility index (Phi) is 5.24. The first-order valence-electron chi connectivity index (χ1n) is 10.9. The molecule has 31 heavy (non-hydrogen) atoms. The molecule has 0 aliphatic carbocycles. The number of carbonyl (C=O) groups is 1. The number of hydrogen-bond acceptors (Lipinski definition) is 6. The van der Waals surface area contributed by atoms with Crippen LogP contribution in [0.15, 0.2) is 42.5 Å². The van der Waals surface area contributed by atoms with Crippen molar-refractivity contribution in [1.29, 1.82) is 0 Å². The van der Waals surface area contributed by atoms with Crippen LogP contribution >= 0.6 is 0 Å². The maximum Gasteiger partial charge on any atom is 0.414 e. The molecule has 3 aliphatic rings. The summed E-state index contributed by atoms with van der Waals surface area (Å²) in [7, 11) is 1.62. The summed E-state index contributed by atoms with van der Waals surface area (Å²) in [4.78, 5) is 16.3. The Labute approximate surface area is 182 Å². The van der Waals surface area contributed by atoms with Crippen molar-refractivity contribution in [2.75, 3.05) is 44.8 Å². The number of likely N-dealkylation sites (tertiary alicyclic amines) is 1. The van der Waals surface area contributed by atoms with E-state index in [0.29, 0.717) is 25.9 Å². The van der Waals surface area contributed by atoms with E-state index in [2.05, 4.69) is 11.0 Å². The van der Waals surface area contributed by atoms with Gasteiger partial charge in [-0.2, -0.15) is 0 Å². The Balaban J connectivity index is 1.17. The third kappa shape index (κ3) is 3.95. The lowest BCUT2D eigenvalue weighted by Crippen LogP contribution is -2.45. The molecule has 0 saturated carbocycles. The number of amides is 1. The zero-order valence-electron chi connectivity index (χ0n) is 17.8. The third-order valence-corrected chi connectivity index (χ3v) is 6.63. The van der Waals surface area contributed by atoms with Gasteiger partial charge in [-0.1, -0.05) is 6.07 Å². The van der Waals surface area contributed by atoms with Gasteiger partial charge in [0.05, 0.1) is 25.9 Å². The van der Waals surface area contributed by atoms with Gasteiger partial charge in [-0.05, 0) is 60.4 Å². The number of ether oxygens (including phenoxy) is 3. The summed E-state index contributed by atoms with van der Waals surface area (Å²) in [5.74, 6) is 1.69. The molecule has 2 saturated heterocycles. The highest BCUT2D eigenvalue weighted by molar-refractivity contribution is 5.89. The van der Waals surface area contributed by atoms with Gasteiger partial charge < -0.3 is 19.3 Å². The van der Waals surface area contributed by atoms with Gasteiger partial charge in [0.15, 0.2) is 0 Å². The lowest BCUT2D eigenvalue weighted by atomic mass is 9.83. The van der Waals surface area contributed by atoms with Gasteiger partial charge in [-0.25, -0.2) is 4.79 Å². The number of fused-ring (bicyclic) bond motifs is 1. The number of carbonyl (C=O) groups excluding carboxylic acids is 1. The first kappa shape index (κ1) is 20.2. The summed E-state index contributed by atoms with van der Waals surface area (Å²) in [5, 5.41) is 11.3. The smallest absolute Gasteiger partial charge is 0.414 e. The number of methoxy groups -OCH3 is 1. The number of piperidine rings is 1. The first-order chi connectivity index (χ1) is 15.0. The normalized spacial score (nSPS) is 22.7. The summed E-state index contributed by atoms with van der Waals surface area (Å²) in [5.41, 5.74) is 2.16. The van der Waals surface area contributed by atoms with E-state index >= 15 is 0 Å². The molecule has 7 nitrogen and oxygen atoms in total. The van der Waals surface area contributed by atoms with E-state index in [0.717, 1.165) is 48.9 Å². The predicted octanol–water partition coefficient (Wildman–Crippen LogP) is 2.94. The highest BCUT2D eigenvalue weighted by Crippen LogP contribution is 2.37. The largest absolute Gasteiger partial charge is 0.497 e. The van der Waals surface area contributed by atoms with Crippen molar-refractivity contribution in [3.63, 3.8) is 0 Å². The Morgan fingerprint density at radius 1 is 1.16 bits per heavy atom. The monoisotopic (exact) mass is 424 g/mol. The summed E-state index contributed by atoms with van der Waals surface area (Å²) in [6, 6.07) is 13.5. The van der Waals surface area contributed by atoms with Crippen LogP contribution in [0.1, 0.15) is 24.0 Å². The van der Waals surface area contributed by atoms with Crippen molar-refractivity contribution < 1.29 is 24.1 Å². The standard InChI is InChI=1S/C24H28N2O5/c1-29-20-5-3-19(4-6-20)26-16-21(31-23(26)27)15-25-11-9-24(28,10-12-25)18-2-7-22-17(14-18)8-13-30-22/h2-7,14,21,28H,8-13,15-16H2,1H3/t21-/m0/s1. The molecule has 0 spiro atoms. The summed E-state index contributed by atoms with van der Waals surface area (Å²) < 4.78 is 16.4. The molecule has 0 unspecified atom stereocenters. The van der Waals surface area contributed by atoms with Crippen LogP contribution in [0.5, 0.6) is 11.5 Å². The molecule has 2 fully saturated rings. The Hall–Kier alpha value is -2.77. The fourth-order valence-electron chi connectivity index (χ4n) is 4.75. The number of hydrogen-bond donors (Lipinski definition) is 1. The fraction of sp³-hybridized carbons (Fsp3) is 0.458. The third-order valence-electron chi connectivity index (χ3n) is 6.63. The molecular weight excluding hydrogens is 396 g/mol. The molecule has 1 N–H and O–H groups in total.